The standard InChI is InChI=1S/C27H38N4/c1-5-9-11-22(7-3)20-31(21-23(8-4)12-10-6-2)26-15-13-24(14-16-26)27(19-30)25(17-28)18-29/h13-16,22-23H,5-12,20-21H2,1-4H3. The zero-order valence-corrected chi connectivity index (χ0v) is 19.8. The third-order valence-corrected chi connectivity index (χ3v) is 6.15. The number of nitrogens with zero attached hydrogens (tertiary/aromatic N) is 4. The molecule has 0 aliphatic heterocycles. The number of benzene rings is 1. The van der Waals surface area contributed by atoms with Crippen LogP contribution < -0.4 is 4.90 Å². The lowest BCUT2D eigenvalue weighted by Crippen LogP contribution is -2.34. The molecule has 2 atom stereocenters. The maximum absolute atomic E-state index is 9.44. The van der Waals surface area contributed by atoms with Gasteiger partial charge in [-0.1, -0.05) is 78.4 Å². The van der Waals surface area contributed by atoms with Crippen molar-refractivity contribution in [3.8, 4) is 18.2 Å². The van der Waals surface area contributed by atoms with Gasteiger partial charge in [0.05, 0.1) is 5.57 Å². The monoisotopic (exact) mass is 418 g/mol. The predicted molar refractivity (Wildman–Crippen MR) is 129 cm³/mol. The highest BCUT2D eigenvalue weighted by Gasteiger charge is 2.18. The Morgan fingerprint density at radius 2 is 1.26 bits per heavy atom. The summed E-state index contributed by atoms with van der Waals surface area (Å²) in [5.74, 6) is 1.34. The van der Waals surface area contributed by atoms with Crippen LogP contribution in [0.2, 0.25) is 0 Å². The highest BCUT2D eigenvalue weighted by molar-refractivity contribution is 5.84. The molecule has 1 aromatic rings. The highest BCUT2D eigenvalue weighted by Crippen LogP contribution is 2.26. The third-order valence-electron chi connectivity index (χ3n) is 6.15. The SMILES string of the molecule is CCCCC(CC)CN(CC(CC)CCCC)c1ccc(C(C#N)=C(C#N)C#N)cc1. The Kier molecular flexibility index (Phi) is 12.8. The minimum atomic E-state index is -0.136. The molecule has 0 radical (unpaired) electrons. The van der Waals surface area contributed by atoms with E-state index in [4.69, 9.17) is 10.5 Å². The molecule has 0 aliphatic carbocycles. The lowest BCUT2D eigenvalue weighted by atomic mass is 9.95. The van der Waals surface area contributed by atoms with Crippen LogP contribution in [0, 0.1) is 45.8 Å². The molecule has 0 bridgehead atoms. The second-order valence-corrected chi connectivity index (χ2v) is 8.37. The fraction of sp³-hybridized carbons (Fsp3) is 0.593. The summed E-state index contributed by atoms with van der Waals surface area (Å²) in [6.07, 6.45) is 9.83. The Morgan fingerprint density at radius 1 is 0.774 bits per heavy atom. The molecule has 0 aromatic heterocycles. The zero-order valence-electron chi connectivity index (χ0n) is 19.8. The molecule has 0 N–H and O–H groups in total. The van der Waals surface area contributed by atoms with Crippen molar-refractivity contribution in [3.63, 3.8) is 0 Å². The first-order valence-electron chi connectivity index (χ1n) is 11.9. The Balaban J connectivity index is 3.19. The second-order valence-electron chi connectivity index (χ2n) is 8.37. The van der Waals surface area contributed by atoms with E-state index >= 15 is 0 Å². The quantitative estimate of drug-likeness (QED) is 0.298. The van der Waals surface area contributed by atoms with Gasteiger partial charge in [0.15, 0.2) is 0 Å². The van der Waals surface area contributed by atoms with Gasteiger partial charge >= 0.3 is 0 Å². The van der Waals surface area contributed by atoms with Gasteiger partial charge in [-0.2, -0.15) is 15.8 Å². The third kappa shape index (κ3) is 8.47. The molecular formula is C27H38N4. The normalized spacial score (nSPS) is 12.2. The van der Waals surface area contributed by atoms with Gasteiger partial charge in [-0.15, -0.1) is 0 Å². The fourth-order valence-electron chi connectivity index (χ4n) is 3.98. The smallest absolute Gasteiger partial charge is 0.148 e. The summed E-state index contributed by atoms with van der Waals surface area (Å²) in [6.45, 7) is 11.1. The van der Waals surface area contributed by atoms with Crippen molar-refractivity contribution in [3.05, 3.63) is 35.4 Å². The summed E-state index contributed by atoms with van der Waals surface area (Å²) in [7, 11) is 0. The average molecular weight is 419 g/mol. The maximum atomic E-state index is 9.44. The molecule has 0 fully saturated rings. The fourth-order valence-corrected chi connectivity index (χ4v) is 3.98. The first-order valence-corrected chi connectivity index (χ1v) is 11.9. The molecule has 1 aromatic carbocycles. The minimum absolute atomic E-state index is 0.136. The summed E-state index contributed by atoms with van der Waals surface area (Å²) in [5, 5.41) is 27.7. The van der Waals surface area contributed by atoms with E-state index in [-0.39, 0.29) is 11.1 Å². The van der Waals surface area contributed by atoms with Gasteiger partial charge in [-0.3, -0.25) is 0 Å². The van der Waals surface area contributed by atoms with Crippen LogP contribution in [0.3, 0.4) is 0 Å². The van der Waals surface area contributed by atoms with E-state index in [0.717, 1.165) is 18.8 Å². The van der Waals surface area contributed by atoms with Crippen LogP contribution >= 0.6 is 0 Å². The number of anilines is 1. The van der Waals surface area contributed by atoms with E-state index in [9.17, 15) is 5.26 Å². The van der Waals surface area contributed by atoms with Crippen molar-refractivity contribution in [1.29, 1.82) is 15.8 Å². The van der Waals surface area contributed by atoms with E-state index in [1.54, 1.807) is 0 Å². The van der Waals surface area contributed by atoms with Crippen molar-refractivity contribution >= 4 is 11.3 Å². The number of hydrogen-bond donors (Lipinski definition) is 0. The van der Waals surface area contributed by atoms with Crippen LogP contribution in [0.4, 0.5) is 5.69 Å². The highest BCUT2D eigenvalue weighted by atomic mass is 15.1. The lowest BCUT2D eigenvalue weighted by molar-refractivity contribution is 0.403. The van der Waals surface area contributed by atoms with E-state index in [1.165, 1.54) is 51.4 Å². The van der Waals surface area contributed by atoms with Gasteiger partial charge in [-0.25, -0.2) is 0 Å². The molecule has 0 spiro atoms. The van der Waals surface area contributed by atoms with Gasteiger partial charge in [0.25, 0.3) is 0 Å². The number of rotatable bonds is 14. The molecule has 166 valence electrons. The molecule has 0 heterocycles. The maximum Gasteiger partial charge on any atom is 0.148 e. The lowest BCUT2D eigenvalue weighted by Gasteiger charge is -2.32. The molecule has 0 saturated carbocycles. The average Bonchev–Trinajstić information content (AvgIpc) is 2.81. The van der Waals surface area contributed by atoms with Gasteiger partial charge in [0.2, 0.25) is 0 Å². The van der Waals surface area contributed by atoms with Gasteiger partial charge in [-0.05, 0) is 42.4 Å². The first kappa shape index (κ1) is 26.3. The summed E-state index contributed by atoms with van der Waals surface area (Å²) >= 11 is 0. The Hall–Kier alpha value is -2.77. The van der Waals surface area contributed by atoms with Gasteiger partial charge in [0, 0.05) is 18.8 Å². The van der Waals surface area contributed by atoms with Gasteiger partial charge in [0.1, 0.15) is 23.8 Å². The van der Waals surface area contributed by atoms with Crippen LogP contribution in [0.1, 0.15) is 84.6 Å². The predicted octanol–water partition coefficient (Wildman–Crippen LogP) is 7.25. The summed E-state index contributed by atoms with van der Waals surface area (Å²) < 4.78 is 0. The molecular weight excluding hydrogens is 380 g/mol. The molecule has 4 nitrogen and oxygen atoms in total. The molecule has 0 saturated heterocycles. The number of unbranched alkanes of at least 4 members (excludes halogenated alkanes) is 2. The number of nitriles is 3. The summed E-state index contributed by atoms with van der Waals surface area (Å²) in [4.78, 5) is 2.52. The first-order chi connectivity index (χ1) is 15.1. The Labute approximate surface area is 189 Å². The Bertz CT molecular complexity index is 768. The van der Waals surface area contributed by atoms with E-state index in [1.807, 2.05) is 42.5 Å². The molecule has 4 heteroatoms. The number of hydrogen-bond acceptors (Lipinski definition) is 4. The molecule has 31 heavy (non-hydrogen) atoms. The molecule has 2 unspecified atom stereocenters. The van der Waals surface area contributed by atoms with Gasteiger partial charge < -0.3 is 4.90 Å². The second kappa shape index (κ2) is 15.1. The topological polar surface area (TPSA) is 74.6 Å². The van der Waals surface area contributed by atoms with Crippen LogP contribution in [0.25, 0.3) is 5.57 Å². The van der Waals surface area contributed by atoms with Crippen molar-refractivity contribution in [2.45, 2.75) is 79.1 Å². The zero-order chi connectivity index (χ0) is 23.1. The molecule has 0 amide bonds. The van der Waals surface area contributed by atoms with Crippen LogP contribution in [-0.4, -0.2) is 13.1 Å². The molecule has 0 aliphatic rings. The van der Waals surface area contributed by atoms with E-state index in [2.05, 4.69) is 32.6 Å². The number of allylic oxidation sites excluding steroid dienone is 2. The summed E-state index contributed by atoms with van der Waals surface area (Å²) in [6, 6.07) is 13.5. The van der Waals surface area contributed by atoms with Crippen molar-refractivity contribution in [2.24, 2.45) is 11.8 Å². The van der Waals surface area contributed by atoms with E-state index < -0.39 is 0 Å². The van der Waals surface area contributed by atoms with Crippen molar-refractivity contribution < 1.29 is 0 Å². The van der Waals surface area contributed by atoms with Crippen LogP contribution in [0.5, 0.6) is 0 Å². The molecule has 1 rings (SSSR count). The largest absolute Gasteiger partial charge is 0.371 e. The van der Waals surface area contributed by atoms with E-state index in [0.29, 0.717) is 17.4 Å². The van der Waals surface area contributed by atoms with Crippen LogP contribution in [-0.2, 0) is 0 Å². The van der Waals surface area contributed by atoms with Crippen molar-refractivity contribution in [2.75, 3.05) is 18.0 Å². The van der Waals surface area contributed by atoms with Crippen molar-refractivity contribution in [1.82, 2.24) is 0 Å². The minimum Gasteiger partial charge on any atom is -0.371 e. The Morgan fingerprint density at radius 3 is 1.61 bits per heavy atom. The summed E-state index contributed by atoms with van der Waals surface area (Å²) in [5.41, 5.74) is 1.79. The van der Waals surface area contributed by atoms with Crippen LogP contribution in [0.15, 0.2) is 29.8 Å².